The van der Waals surface area contributed by atoms with Crippen LogP contribution in [0, 0.1) is 11.3 Å². The largest absolute Gasteiger partial charge is 0.232 e. The predicted molar refractivity (Wildman–Crippen MR) is 117 cm³/mol. The van der Waals surface area contributed by atoms with Gasteiger partial charge in [0.1, 0.15) is 0 Å². The van der Waals surface area contributed by atoms with E-state index in [2.05, 4.69) is 6.07 Å². The molecule has 5 nitrogen and oxygen atoms in total. The third kappa shape index (κ3) is 3.99. The summed E-state index contributed by atoms with van der Waals surface area (Å²) >= 11 is 6.04. The predicted octanol–water partition coefficient (Wildman–Crippen LogP) is 5.13. The van der Waals surface area contributed by atoms with Gasteiger partial charge in [0, 0.05) is 22.4 Å². The lowest BCUT2D eigenvalue weighted by molar-refractivity contribution is 0.602. The average molecular weight is 434 g/mol. The first-order valence-electron chi connectivity index (χ1n) is 9.02. The Bertz CT molecular complexity index is 1370. The zero-order valence-electron chi connectivity index (χ0n) is 15.9. The zero-order chi connectivity index (χ0) is 21.3. The van der Waals surface area contributed by atoms with Crippen molar-refractivity contribution in [3.8, 4) is 34.3 Å². The van der Waals surface area contributed by atoms with Crippen LogP contribution < -0.4 is 0 Å². The van der Waals surface area contributed by atoms with Crippen LogP contribution in [0.15, 0.2) is 83.8 Å². The summed E-state index contributed by atoms with van der Waals surface area (Å²) < 4.78 is 25.3. The zero-order valence-corrected chi connectivity index (χ0v) is 17.5. The molecule has 1 aromatic heterocycles. The summed E-state index contributed by atoms with van der Waals surface area (Å²) in [4.78, 5) is 0.244. The van der Waals surface area contributed by atoms with Gasteiger partial charge >= 0.3 is 0 Å². The second-order valence-corrected chi connectivity index (χ2v) is 9.24. The lowest BCUT2D eigenvalue weighted by atomic mass is 10.1. The molecule has 4 aromatic rings. The summed E-state index contributed by atoms with van der Waals surface area (Å²) in [6.07, 6.45) is 1.18. The molecule has 0 aliphatic carbocycles. The lowest BCUT2D eigenvalue weighted by Gasteiger charge is -2.08. The molecule has 0 aliphatic heterocycles. The first-order chi connectivity index (χ1) is 14.3. The maximum atomic E-state index is 11.8. The number of nitriles is 1. The summed E-state index contributed by atoms with van der Waals surface area (Å²) in [5, 5.41) is 14.6. The third-order valence-electron chi connectivity index (χ3n) is 4.65. The van der Waals surface area contributed by atoms with Crippen LogP contribution in [0.1, 0.15) is 5.56 Å². The van der Waals surface area contributed by atoms with Crippen LogP contribution in [0.3, 0.4) is 0 Å². The monoisotopic (exact) mass is 433 g/mol. The Morgan fingerprint density at radius 2 is 1.63 bits per heavy atom. The Balaban J connectivity index is 1.88. The molecule has 0 N–H and O–H groups in total. The van der Waals surface area contributed by atoms with Crippen LogP contribution in [0.25, 0.3) is 28.2 Å². The van der Waals surface area contributed by atoms with E-state index < -0.39 is 9.84 Å². The number of nitrogens with zero attached hydrogens (tertiary/aromatic N) is 3. The van der Waals surface area contributed by atoms with E-state index in [-0.39, 0.29) is 4.90 Å². The Labute approximate surface area is 179 Å². The maximum Gasteiger partial charge on any atom is 0.175 e. The quantitative estimate of drug-likeness (QED) is 0.446. The molecule has 0 saturated heterocycles. The average Bonchev–Trinajstić information content (AvgIpc) is 3.19. The van der Waals surface area contributed by atoms with Gasteiger partial charge in [0.05, 0.1) is 33.6 Å². The van der Waals surface area contributed by atoms with Crippen molar-refractivity contribution in [2.24, 2.45) is 0 Å². The summed E-state index contributed by atoms with van der Waals surface area (Å²) in [6.45, 7) is 0. The molecule has 1 heterocycles. The molecule has 0 saturated carbocycles. The van der Waals surface area contributed by atoms with Crippen molar-refractivity contribution < 1.29 is 8.42 Å². The van der Waals surface area contributed by atoms with Crippen LogP contribution in [0.4, 0.5) is 0 Å². The van der Waals surface area contributed by atoms with Gasteiger partial charge in [-0.15, -0.1) is 0 Å². The molecule has 148 valence electrons. The van der Waals surface area contributed by atoms with Crippen LogP contribution in [0.2, 0.25) is 5.02 Å². The highest BCUT2D eigenvalue weighted by molar-refractivity contribution is 7.90. The smallest absolute Gasteiger partial charge is 0.175 e. The first kappa shape index (κ1) is 19.9. The van der Waals surface area contributed by atoms with Gasteiger partial charge in [-0.05, 0) is 54.6 Å². The molecular weight excluding hydrogens is 418 g/mol. The second kappa shape index (κ2) is 7.79. The normalized spacial score (nSPS) is 11.2. The number of halogens is 1. The maximum absolute atomic E-state index is 11.8. The molecule has 0 radical (unpaired) electrons. The van der Waals surface area contributed by atoms with Crippen molar-refractivity contribution in [3.63, 3.8) is 0 Å². The molecule has 3 aromatic carbocycles. The van der Waals surface area contributed by atoms with Gasteiger partial charge in [0.15, 0.2) is 9.84 Å². The van der Waals surface area contributed by atoms with Gasteiger partial charge in [0.2, 0.25) is 0 Å². The summed E-state index contributed by atoms with van der Waals surface area (Å²) in [5.41, 5.74) is 4.50. The standard InChI is InChI=1S/C23H16ClN3O2S/c1-30(28,29)21-11-9-20(10-12-21)27-23(17-5-7-19(24)8-6-17)14-22(26-27)18-4-2-3-16(13-18)15-25/h2-14H,1H3. The van der Waals surface area contributed by atoms with Gasteiger partial charge in [-0.1, -0.05) is 35.9 Å². The molecule has 0 aliphatic rings. The highest BCUT2D eigenvalue weighted by Gasteiger charge is 2.15. The molecule has 0 atom stereocenters. The molecule has 0 amide bonds. The van der Waals surface area contributed by atoms with Gasteiger partial charge < -0.3 is 0 Å². The van der Waals surface area contributed by atoms with E-state index in [0.717, 1.165) is 22.5 Å². The fourth-order valence-electron chi connectivity index (χ4n) is 3.13. The SMILES string of the molecule is CS(=O)(=O)c1ccc(-n2nc(-c3cccc(C#N)c3)cc2-c2ccc(Cl)cc2)cc1. The first-order valence-corrected chi connectivity index (χ1v) is 11.3. The van der Waals surface area contributed by atoms with Gasteiger partial charge in [-0.25, -0.2) is 13.1 Å². The van der Waals surface area contributed by atoms with Crippen LogP contribution in [0.5, 0.6) is 0 Å². The van der Waals surface area contributed by atoms with E-state index in [1.165, 1.54) is 6.26 Å². The molecular formula is C23H16ClN3O2S. The Morgan fingerprint density at radius 3 is 2.27 bits per heavy atom. The summed E-state index contributed by atoms with van der Waals surface area (Å²) in [7, 11) is -3.29. The highest BCUT2D eigenvalue weighted by Crippen LogP contribution is 2.30. The molecule has 0 fully saturated rings. The fraction of sp³-hybridized carbons (Fsp3) is 0.0435. The summed E-state index contributed by atoms with van der Waals surface area (Å²) in [6, 6.07) is 25.3. The Morgan fingerprint density at radius 1 is 0.933 bits per heavy atom. The van der Waals surface area contributed by atoms with E-state index >= 15 is 0 Å². The molecule has 0 bridgehead atoms. The van der Waals surface area contributed by atoms with Crippen molar-refractivity contribution >= 4 is 21.4 Å². The number of benzene rings is 3. The Hall–Kier alpha value is -3.40. The minimum absolute atomic E-state index is 0.244. The number of hydrogen-bond acceptors (Lipinski definition) is 4. The van der Waals surface area contributed by atoms with Crippen molar-refractivity contribution in [2.75, 3.05) is 6.26 Å². The van der Waals surface area contributed by atoms with E-state index in [0.29, 0.717) is 16.3 Å². The van der Waals surface area contributed by atoms with E-state index in [9.17, 15) is 13.7 Å². The van der Waals surface area contributed by atoms with E-state index in [1.54, 1.807) is 53.2 Å². The number of hydrogen-bond donors (Lipinski definition) is 0. The fourth-order valence-corrected chi connectivity index (χ4v) is 3.88. The van der Waals surface area contributed by atoms with Crippen molar-refractivity contribution in [2.45, 2.75) is 4.90 Å². The summed E-state index contributed by atoms with van der Waals surface area (Å²) in [5.74, 6) is 0. The molecule has 4 rings (SSSR count). The molecule has 7 heteroatoms. The van der Waals surface area contributed by atoms with Crippen molar-refractivity contribution in [1.29, 1.82) is 5.26 Å². The minimum Gasteiger partial charge on any atom is -0.232 e. The highest BCUT2D eigenvalue weighted by atomic mass is 35.5. The number of sulfone groups is 1. The van der Waals surface area contributed by atoms with Gasteiger partial charge in [0.25, 0.3) is 0 Å². The van der Waals surface area contributed by atoms with E-state index in [1.807, 2.05) is 30.3 Å². The molecule has 0 unspecified atom stereocenters. The number of aromatic nitrogens is 2. The van der Waals surface area contributed by atoms with Crippen molar-refractivity contribution in [1.82, 2.24) is 9.78 Å². The molecule has 30 heavy (non-hydrogen) atoms. The second-order valence-electron chi connectivity index (χ2n) is 6.79. The molecule has 0 spiro atoms. The number of rotatable bonds is 4. The topological polar surface area (TPSA) is 75.8 Å². The van der Waals surface area contributed by atoms with E-state index in [4.69, 9.17) is 16.7 Å². The minimum atomic E-state index is -3.29. The lowest BCUT2D eigenvalue weighted by Crippen LogP contribution is -2.01. The third-order valence-corrected chi connectivity index (χ3v) is 6.03. The Kier molecular flexibility index (Phi) is 5.17. The van der Waals surface area contributed by atoms with Gasteiger partial charge in [-0.3, -0.25) is 0 Å². The van der Waals surface area contributed by atoms with Crippen LogP contribution >= 0.6 is 11.6 Å². The van der Waals surface area contributed by atoms with Crippen LogP contribution in [-0.2, 0) is 9.84 Å². The van der Waals surface area contributed by atoms with Crippen LogP contribution in [-0.4, -0.2) is 24.5 Å². The van der Waals surface area contributed by atoms with Crippen molar-refractivity contribution in [3.05, 3.63) is 89.4 Å². The van der Waals surface area contributed by atoms with Gasteiger partial charge in [-0.2, -0.15) is 10.4 Å².